The fraction of sp³-hybridized carbons (Fsp3) is 0.500. The van der Waals surface area contributed by atoms with Gasteiger partial charge < -0.3 is 19.5 Å². The van der Waals surface area contributed by atoms with Crippen LogP contribution in [0.4, 0.5) is 5.82 Å². The zero-order chi connectivity index (χ0) is 22.7. The van der Waals surface area contributed by atoms with Crippen molar-refractivity contribution < 1.29 is 14.1 Å². The molecule has 0 saturated carbocycles. The molecule has 2 atom stereocenters. The van der Waals surface area contributed by atoms with Crippen molar-refractivity contribution in [3.8, 4) is 5.75 Å². The average Bonchev–Trinajstić information content (AvgIpc) is 3.16. The lowest BCUT2D eigenvalue weighted by atomic mass is 9.92. The summed E-state index contributed by atoms with van der Waals surface area (Å²) in [7, 11) is 1.63. The number of amides is 1. The van der Waals surface area contributed by atoms with E-state index in [0.29, 0.717) is 42.8 Å². The van der Waals surface area contributed by atoms with Crippen molar-refractivity contribution in [2.24, 2.45) is 11.8 Å². The third kappa shape index (κ3) is 5.00. The van der Waals surface area contributed by atoms with Gasteiger partial charge in [0, 0.05) is 32.5 Å². The van der Waals surface area contributed by atoms with Gasteiger partial charge in [-0.3, -0.25) is 4.79 Å². The second kappa shape index (κ2) is 9.54. The number of nitrogens with zero attached hydrogens (tertiary/aromatic N) is 4. The summed E-state index contributed by atoms with van der Waals surface area (Å²) in [6, 6.07) is 7.64. The highest BCUT2D eigenvalue weighted by Gasteiger charge is 2.27. The van der Waals surface area contributed by atoms with E-state index in [0.717, 1.165) is 41.3 Å². The molecule has 2 aromatic heterocycles. The Morgan fingerprint density at radius 1 is 1.19 bits per heavy atom. The highest BCUT2D eigenvalue weighted by atomic mass is 16.5. The van der Waals surface area contributed by atoms with E-state index >= 15 is 0 Å². The smallest absolute Gasteiger partial charge is 0.263 e. The standard InChI is InChI=1S/C24H31N5O3/c1-15-11-16(2)14-29(13-15)23-22-17(3)28-32-24(22)27-20(26-23)9-10-21(30)25-12-18-5-7-19(31-4)8-6-18/h5-8,15-16H,9-14H2,1-4H3,(H,25,30). The molecule has 32 heavy (non-hydrogen) atoms. The Labute approximate surface area is 188 Å². The molecule has 0 radical (unpaired) electrons. The largest absolute Gasteiger partial charge is 0.497 e. The number of carbonyl (C=O) groups is 1. The second-order valence-electron chi connectivity index (χ2n) is 8.89. The van der Waals surface area contributed by atoms with E-state index in [-0.39, 0.29) is 5.91 Å². The van der Waals surface area contributed by atoms with Crippen molar-refractivity contribution in [3.05, 3.63) is 41.3 Å². The van der Waals surface area contributed by atoms with Crippen molar-refractivity contribution in [2.45, 2.75) is 46.6 Å². The lowest BCUT2D eigenvalue weighted by Gasteiger charge is -2.36. The normalized spacial score (nSPS) is 18.7. The maximum absolute atomic E-state index is 12.4. The molecule has 0 aliphatic carbocycles. The molecule has 3 heterocycles. The number of aryl methyl sites for hydroxylation is 2. The SMILES string of the molecule is COc1ccc(CNC(=O)CCc2nc(N3CC(C)CC(C)C3)c3c(C)noc3n2)cc1. The van der Waals surface area contributed by atoms with E-state index < -0.39 is 0 Å². The summed E-state index contributed by atoms with van der Waals surface area (Å²) >= 11 is 0. The molecule has 1 aromatic carbocycles. The average molecular weight is 438 g/mol. The van der Waals surface area contributed by atoms with Crippen LogP contribution in [0.25, 0.3) is 11.1 Å². The predicted octanol–water partition coefficient (Wildman–Crippen LogP) is 3.67. The van der Waals surface area contributed by atoms with Crippen LogP contribution in [0.15, 0.2) is 28.8 Å². The fourth-order valence-corrected chi connectivity index (χ4v) is 4.45. The minimum Gasteiger partial charge on any atom is -0.497 e. The molecule has 8 heteroatoms. The van der Waals surface area contributed by atoms with Crippen molar-refractivity contribution in [3.63, 3.8) is 0 Å². The molecule has 170 valence electrons. The third-order valence-electron chi connectivity index (χ3n) is 5.93. The Hall–Kier alpha value is -3.16. The van der Waals surface area contributed by atoms with Crippen molar-refractivity contribution in [1.29, 1.82) is 0 Å². The molecule has 1 aliphatic rings. The van der Waals surface area contributed by atoms with Crippen LogP contribution in [0.2, 0.25) is 0 Å². The van der Waals surface area contributed by atoms with Crippen LogP contribution < -0.4 is 15.0 Å². The number of nitrogens with one attached hydrogen (secondary N) is 1. The quantitative estimate of drug-likeness (QED) is 0.603. The number of benzene rings is 1. The summed E-state index contributed by atoms with van der Waals surface area (Å²) in [5, 5.41) is 7.94. The lowest BCUT2D eigenvalue weighted by Crippen LogP contribution is -2.39. The molecule has 1 aliphatic heterocycles. The van der Waals surface area contributed by atoms with E-state index in [2.05, 4.69) is 34.2 Å². The van der Waals surface area contributed by atoms with Crippen molar-refractivity contribution in [2.75, 3.05) is 25.1 Å². The first kappa shape index (κ1) is 22.0. The number of hydrogen-bond acceptors (Lipinski definition) is 7. The van der Waals surface area contributed by atoms with Crippen molar-refractivity contribution >= 4 is 22.8 Å². The fourth-order valence-electron chi connectivity index (χ4n) is 4.45. The van der Waals surface area contributed by atoms with Gasteiger partial charge in [0.15, 0.2) is 0 Å². The molecular formula is C24H31N5O3. The van der Waals surface area contributed by atoms with Gasteiger partial charge in [-0.1, -0.05) is 31.1 Å². The van der Waals surface area contributed by atoms with E-state index in [9.17, 15) is 4.79 Å². The number of fused-ring (bicyclic) bond motifs is 1. The Bertz CT molecular complexity index is 1070. The van der Waals surface area contributed by atoms with Gasteiger partial charge in [-0.15, -0.1) is 0 Å². The van der Waals surface area contributed by atoms with Gasteiger partial charge in [-0.05, 0) is 42.9 Å². The highest BCUT2D eigenvalue weighted by Crippen LogP contribution is 2.32. The van der Waals surface area contributed by atoms with Gasteiger partial charge >= 0.3 is 0 Å². The van der Waals surface area contributed by atoms with Crippen molar-refractivity contribution in [1.82, 2.24) is 20.4 Å². The molecule has 1 fully saturated rings. The van der Waals surface area contributed by atoms with Gasteiger partial charge in [0.05, 0.1) is 12.8 Å². The van der Waals surface area contributed by atoms with Crippen LogP contribution in [0.5, 0.6) is 5.75 Å². The lowest BCUT2D eigenvalue weighted by molar-refractivity contribution is -0.121. The van der Waals surface area contributed by atoms with Gasteiger partial charge in [-0.25, -0.2) is 4.98 Å². The number of ether oxygens (including phenoxy) is 1. The number of rotatable bonds is 7. The maximum Gasteiger partial charge on any atom is 0.263 e. The molecule has 1 saturated heterocycles. The van der Waals surface area contributed by atoms with E-state index in [4.69, 9.17) is 14.2 Å². The van der Waals surface area contributed by atoms with Crippen LogP contribution in [0, 0.1) is 18.8 Å². The van der Waals surface area contributed by atoms with Gasteiger partial charge in [0.25, 0.3) is 5.71 Å². The number of carbonyl (C=O) groups excluding carboxylic acids is 1. The summed E-state index contributed by atoms with van der Waals surface area (Å²) in [6.45, 7) is 8.83. The Morgan fingerprint density at radius 2 is 1.91 bits per heavy atom. The van der Waals surface area contributed by atoms with Crippen LogP contribution in [-0.2, 0) is 17.8 Å². The minimum atomic E-state index is -0.0416. The van der Waals surface area contributed by atoms with Crippen LogP contribution >= 0.6 is 0 Å². The van der Waals surface area contributed by atoms with Gasteiger partial charge in [-0.2, -0.15) is 4.98 Å². The second-order valence-corrected chi connectivity index (χ2v) is 8.89. The molecule has 2 unspecified atom stereocenters. The predicted molar refractivity (Wildman–Crippen MR) is 123 cm³/mol. The molecular weight excluding hydrogens is 406 g/mol. The van der Waals surface area contributed by atoms with Crippen LogP contribution in [0.3, 0.4) is 0 Å². The summed E-state index contributed by atoms with van der Waals surface area (Å²) < 4.78 is 10.6. The van der Waals surface area contributed by atoms with Crippen LogP contribution in [0.1, 0.15) is 43.8 Å². The monoisotopic (exact) mass is 437 g/mol. The third-order valence-corrected chi connectivity index (χ3v) is 5.93. The first-order valence-corrected chi connectivity index (χ1v) is 11.2. The Balaban J connectivity index is 1.44. The van der Waals surface area contributed by atoms with E-state index in [1.807, 2.05) is 31.2 Å². The Morgan fingerprint density at radius 3 is 2.59 bits per heavy atom. The number of hydrogen-bond donors (Lipinski definition) is 1. The molecule has 8 nitrogen and oxygen atoms in total. The van der Waals surface area contributed by atoms with Gasteiger partial charge in [0.2, 0.25) is 5.91 Å². The molecule has 0 spiro atoms. The number of piperidine rings is 1. The summed E-state index contributed by atoms with van der Waals surface area (Å²) in [4.78, 5) is 24.1. The minimum absolute atomic E-state index is 0.0416. The number of aromatic nitrogens is 3. The summed E-state index contributed by atoms with van der Waals surface area (Å²) in [5.74, 6) is 3.42. The molecule has 0 bridgehead atoms. The number of methoxy groups -OCH3 is 1. The van der Waals surface area contributed by atoms with E-state index in [1.54, 1.807) is 7.11 Å². The van der Waals surface area contributed by atoms with Crippen LogP contribution in [-0.4, -0.2) is 41.2 Å². The summed E-state index contributed by atoms with van der Waals surface area (Å²) in [6.07, 6.45) is 1.96. The Kier molecular flexibility index (Phi) is 6.58. The van der Waals surface area contributed by atoms with Gasteiger partial charge in [0.1, 0.15) is 22.8 Å². The molecule has 1 N–H and O–H groups in total. The molecule has 4 rings (SSSR count). The van der Waals surface area contributed by atoms with E-state index in [1.165, 1.54) is 6.42 Å². The first-order chi connectivity index (χ1) is 15.4. The summed E-state index contributed by atoms with van der Waals surface area (Å²) in [5.41, 5.74) is 2.31. The molecule has 1 amide bonds. The zero-order valence-corrected chi connectivity index (χ0v) is 19.2. The highest BCUT2D eigenvalue weighted by molar-refractivity contribution is 5.88. The topological polar surface area (TPSA) is 93.4 Å². The maximum atomic E-state index is 12.4. The zero-order valence-electron chi connectivity index (χ0n) is 19.2. The molecule has 3 aromatic rings. The first-order valence-electron chi connectivity index (χ1n) is 11.2. The number of anilines is 1.